The monoisotopic (exact) mass is 315 g/mol. The molecule has 1 fully saturated rings. The van der Waals surface area contributed by atoms with Gasteiger partial charge in [0.05, 0.1) is 6.61 Å². The van der Waals surface area contributed by atoms with Crippen LogP contribution in [0.25, 0.3) is 0 Å². The first kappa shape index (κ1) is 16.5. The summed E-state index contributed by atoms with van der Waals surface area (Å²) >= 11 is 0. The second-order valence-electron chi connectivity index (χ2n) is 5.41. The molecule has 0 unspecified atom stereocenters. The van der Waals surface area contributed by atoms with Crippen molar-refractivity contribution in [3.63, 3.8) is 0 Å². The van der Waals surface area contributed by atoms with Gasteiger partial charge in [0, 0.05) is 45.2 Å². The molecule has 1 saturated carbocycles. The average molecular weight is 315 g/mol. The number of nitrogens with zero attached hydrogens (tertiary/aromatic N) is 2. The molecule has 0 bridgehead atoms. The Hall–Kier alpha value is -0.890. The summed E-state index contributed by atoms with van der Waals surface area (Å²) in [4.78, 5) is 0.376. The standard InChI is InChI=1S/C14H25N3O3S/c1-4-15-10-13-9-14(11-17(13)12-5-6-12)21(18,19)16(2)7-8-20-3/h9,11-12,15H,4-8,10H2,1-3H3. The van der Waals surface area contributed by atoms with Crippen LogP contribution in [0.2, 0.25) is 0 Å². The van der Waals surface area contributed by atoms with Crippen LogP contribution >= 0.6 is 0 Å². The molecule has 1 N–H and O–H groups in total. The van der Waals surface area contributed by atoms with E-state index in [1.807, 2.05) is 6.92 Å². The van der Waals surface area contributed by atoms with Crippen molar-refractivity contribution in [1.29, 1.82) is 0 Å². The summed E-state index contributed by atoms with van der Waals surface area (Å²) in [6.07, 6.45) is 4.04. The van der Waals surface area contributed by atoms with E-state index in [4.69, 9.17) is 4.74 Å². The molecule has 0 aromatic carbocycles. The minimum Gasteiger partial charge on any atom is -0.383 e. The number of sulfonamides is 1. The summed E-state index contributed by atoms with van der Waals surface area (Å²) in [7, 11) is -0.281. The second-order valence-corrected chi connectivity index (χ2v) is 7.45. The Morgan fingerprint density at radius 1 is 1.48 bits per heavy atom. The molecular formula is C14H25N3O3S. The van der Waals surface area contributed by atoms with E-state index in [1.165, 1.54) is 4.31 Å². The van der Waals surface area contributed by atoms with E-state index in [-0.39, 0.29) is 0 Å². The molecule has 0 atom stereocenters. The Labute approximate surface area is 127 Å². The van der Waals surface area contributed by atoms with Gasteiger partial charge in [0.1, 0.15) is 4.90 Å². The Kier molecular flexibility index (Phi) is 5.43. The SMILES string of the molecule is CCNCc1cc(S(=O)(=O)N(C)CCOC)cn1C1CC1. The van der Waals surface area contributed by atoms with E-state index >= 15 is 0 Å². The molecular weight excluding hydrogens is 290 g/mol. The highest BCUT2D eigenvalue weighted by Crippen LogP contribution is 2.37. The van der Waals surface area contributed by atoms with Crippen molar-refractivity contribution in [1.82, 2.24) is 14.2 Å². The highest BCUT2D eigenvalue weighted by Gasteiger charge is 2.29. The second kappa shape index (κ2) is 6.91. The summed E-state index contributed by atoms with van der Waals surface area (Å²) in [5.41, 5.74) is 1.04. The molecule has 1 aromatic rings. The van der Waals surface area contributed by atoms with Gasteiger partial charge in [0.15, 0.2) is 0 Å². The van der Waals surface area contributed by atoms with Crippen LogP contribution in [0.15, 0.2) is 17.2 Å². The van der Waals surface area contributed by atoms with E-state index < -0.39 is 10.0 Å². The van der Waals surface area contributed by atoms with Crippen LogP contribution in [0.5, 0.6) is 0 Å². The third kappa shape index (κ3) is 3.85. The summed E-state index contributed by atoms with van der Waals surface area (Å²) in [6.45, 7) is 4.36. The van der Waals surface area contributed by atoms with E-state index in [0.29, 0.717) is 30.6 Å². The highest BCUT2D eigenvalue weighted by molar-refractivity contribution is 7.89. The largest absolute Gasteiger partial charge is 0.383 e. The lowest BCUT2D eigenvalue weighted by Gasteiger charge is -2.15. The molecule has 1 aromatic heterocycles. The quantitative estimate of drug-likeness (QED) is 0.744. The lowest BCUT2D eigenvalue weighted by molar-refractivity contribution is 0.185. The molecule has 21 heavy (non-hydrogen) atoms. The predicted molar refractivity (Wildman–Crippen MR) is 81.8 cm³/mol. The van der Waals surface area contributed by atoms with Gasteiger partial charge in [-0.2, -0.15) is 4.31 Å². The molecule has 2 rings (SSSR count). The molecule has 0 spiro atoms. The van der Waals surface area contributed by atoms with Crippen molar-refractivity contribution in [2.24, 2.45) is 0 Å². The Morgan fingerprint density at radius 2 is 2.19 bits per heavy atom. The first-order chi connectivity index (χ1) is 10.0. The van der Waals surface area contributed by atoms with Gasteiger partial charge in [-0.1, -0.05) is 6.92 Å². The van der Waals surface area contributed by atoms with Crippen LogP contribution in [0.4, 0.5) is 0 Å². The predicted octanol–water partition coefficient (Wildman–Crippen LogP) is 1.20. The third-order valence-electron chi connectivity index (χ3n) is 3.72. The van der Waals surface area contributed by atoms with E-state index in [2.05, 4.69) is 9.88 Å². The van der Waals surface area contributed by atoms with Crippen LogP contribution < -0.4 is 5.32 Å². The number of nitrogens with one attached hydrogen (secondary N) is 1. The molecule has 1 aliphatic carbocycles. The third-order valence-corrected chi connectivity index (χ3v) is 5.54. The maximum absolute atomic E-state index is 12.6. The summed E-state index contributed by atoms with van der Waals surface area (Å²) in [5.74, 6) is 0. The number of hydrogen-bond acceptors (Lipinski definition) is 4. The van der Waals surface area contributed by atoms with Crippen LogP contribution in [0.1, 0.15) is 31.5 Å². The fourth-order valence-electron chi connectivity index (χ4n) is 2.25. The molecule has 1 heterocycles. The maximum atomic E-state index is 12.6. The Balaban J connectivity index is 2.22. The zero-order valence-corrected chi connectivity index (χ0v) is 13.8. The van der Waals surface area contributed by atoms with Crippen LogP contribution in [0, 0.1) is 0 Å². The van der Waals surface area contributed by atoms with Gasteiger partial charge >= 0.3 is 0 Å². The van der Waals surface area contributed by atoms with Gasteiger partial charge in [-0.25, -0.2) is 8.42 Å². The zero-order chi connectivity index (χ0) is 15.5. The molecule has 0 radical (unpaired) electrons. The molecule has 120 valence electrons. The van der Waals surface area contributed by atoms with Gasteiger partial charge in [-0.15, -0.1) is 0 Å². The van der Waals surface area contributed by atoms with Crippen molar-refractivity contribution < 1.29 is 13.2 Å². The van der Waals surface area contributed by atoms with E-state index in [0.717, 1.165) is 25.1 Å². The number of aromatic nitrogens is 1. The lowest BCUT2D eigenvalue weighted by atomic mass is 10.4. The number of methoxy groups -OCH3 is 1. The van der Waals surface area contributed by atoms with Crippen molar-refractivity contribution in [3.05, 3.63) is 18.0 Å². The van der Waals surface area contributed by atoms with Crippen LogP contribution in [-0.4, -0.2) is 51.1 Å². The normalized spacial score (nSPS) is 15.8. The fourth-order valence-corrected chi connectivity index (χ4v) is 3.45. The molecule has 0 aliphatic heterocycles. The maximum Gasteiger partial charge on any atom is 0.244 e. The van der Waals surface area contributed by atoms with E-state index in [9.17, 15) is 8.42 Å². The highest BCUT2D eigenvalue weighted by atomic mass is 32.2. The van der Waals surface area contributed by atoms with Crippen LogP contribution in [-0.2, 0) is 21.3 Å². The van der Waals surface area contributed by atoms with Gasteiger partial charge in [0.25, 0.3) is 0 Å². The topological polar surface area (TPSA) is 63.6 Å². The Morgan fingerprint density at radius 3 is 2.76 bits per heavy atom. The van der Waals surface area contributed by atoms with Gasteiger partial charge < -0.3 is 14.6 Å². The summed E-state index contributed by atoms with van der Waals surface area (Å²) in [5, 5.41) is 3.27. The molecule has 0 amide bonds. The van der Waals surface area contributed by atoms with Crippen molar-refractivity contribution in [2.75, 3.05) is 33.9 Å². The van der Waals surface area contributed by atoms with Crippen molar-refractivity contribution >= 4 is 10.0 Å². The smallest absolute Gasteiger partial charge is 0.244 e. The lowest BCUT2D eigenvalue weighted by Crippen LogP contribution is -2.29. The molecule has 0 saturated heterocycles. The minimum atomic E-state index is -3.44. The fraction of sp³-hybridized carbons (Fsp3) is 0.714. The summed E-state index contributed by atoms with van der Waals surface area (Å²) < 4.78 is 33.5. The van der Waals surface area contributed by atoms with Crippen molar-refractivity contribution in [3.8, 4) is 0 Å². The summed E-state index contributed by atoms with van der Waals surface area (Å²) in [6, 6.07) is 2.26. The number of hydrogen-bond donors (Lipinski definition) is 1. The van der Waals surface area contributed by atoms with Gasteiger partial charge in [0.2, 0.25) is 10.0 Å². The van der Waals surface area contributed by atoms with E-state index in [1.54, 1.807) is 26.4 Å². The molecule has 6 nitrogen and oxygen atoms in total. The molecule has 1 aliphatic rings. The molecule has 7 heteroatoms. The number of likely N-dealkylation sites (N-methyl/N-ethyl adjacent to an activating group) is 1. The van der Waals surface area contributed by atoms with Gasteiger partial charge in [-0.05, 0) is 25.5 Å². The first-order valence-electron chi connectivity index (χ1n) is 7.37. The minimum absolute atomic E-state index is 0.357. The first-order valence-corrected chi connectivity index (χ1v) is 8.81. The van der Waals surface area contributed by atoms with Crippen LogP contribution in [0.3, 0.4) is 0 Å². The van der Waals surface area contributed by atoms with Gasteiger partial charge in [-0.3, -0.25) is 0 Å². The Bertz CT molecular complexity index is 564. The average Bonchev–Trinajstić information content (AvgIpc) is 3.22. The number of ether oxygens (including phenoxy) is 1. The number of rotatable bonds is 9. The zero-order valence-electron chi connectivity index (χ0n) is 13.0. The van der Waals surface area contributed by atoms with Crippen molar-refractivity contribution in [2.45, 2.75) is 37.2 Å².